The molecule has 0 bridgehead atoms. The number of rotatable bonds is 6. The van der Waals surface area contributed by atoms with Crippen LogP contribution in [-0.4, -0.2) is 36.8 Å². The highest BCUT2D eigenvalue weighted by Gasteiger charge is 2.30. The molecule has 10 heteroatoms. The molecule has 0 atom stereocenters. The van der Waals surface area contributed by atoms with E-state index in [1.165, 1.54) is 46.0 Å². The number of benzene rings is 2. The van der Waals surface area contributed by atoms with E-state index in [0.29, 0.717) is 23.8 Å². The second kappa shape index (κ2) is 9.04. The molecule has 162 valence electrons. The molecule has 0 spiro atoms. The number of halogens is 2. The standard InChI is InChI=1S/C21H18ClFN2O4S2/c22-18-8-5-15(11-19(18)31(27,28)25-9-1-2-10-25)21(26)29-12-17-13-30-20(24-17)14-3-6-16(23)7-4-14/h3-8,11,13H,1-2,9-10,12H2. The second-order valence-electron chi connectivity index (χ2n) is 6.98. The number of hydrogen-bond acceptors (Lipinski definition) is 6. The van der Waals surface area contributed by atoms with Gasteiger partial charge in [0.25, 0.3) is 0 Å². The Kier molecular flexibility index (Phi) is 6.38. The number of carbonyl (C=O) groups is 1. The van der Waals surface area contributed by atoms with Crippen molar-refractivity contribution in [3.63, 3.8) is 0 Å². The lowest BCUT2D eigenvalue weighted by molar-refractivity contribution is 0.0468. The molecule has 4 rings (SSSR count). The first-order valence-electron chi connectivity index (χ1n) is 9.52. The Bertz CT molecular complexity index is 1210. The van der Waals surface area contributed by atoms with Gasteiger partial charge in [0.05, 0.1) is 16.3 Å². The predicted molar refractivity (Wildman–Crippen MR) is 116 cm³/mol. The molecule has 2 aromatic carbocycles. The Morgan fingerprint density at radius 2 is 1.87 bits per heavy atom. The number of aromatic nitrogens is 1. The number of thiazole rings is 1. The molecule has 1 saturated heterocycles. The molecule has 6 nitrogen and oxygen atoms in total. The van der Waals surface area contributed by atoms with Crippen molar-refractivity contribution in [2.24, 2.45) is 0 Å². The largest absolute Gasteiger partial charge is 0.456 e. The summed E-state index contributed by atoms with van der Waals surface area (Å²) in [5.74, 6) is -1.01. The Balaban J connectivity index is 1.46. The normalized spacial score (nSPS) is 14.6. The molecule has 0 N–H and O–H groups in total. The number of carbonyl (C=O) groups excluding carboxylic acids is 1. The number of hydrogen-bond donors (Lipinski definition) is 0. The molecular formula is C21H18ClFN2O4S2. The van der Waals surface area contributed by atoms with Crippen LogP contribution in [0.15, 0.2) is 52.7 Å². The van der Waals surface area contributed by atoms with E-state index in [2.05, 4.69) is 4.98 Å². The SMILES string of the molecule is O=C(OCc1csc(-c2ccc(F)cc2)n1)c1ccc(Cl)c(S(=O)(=O)N2CCCC2)c1. The van der Waals surface area contributed by atoms with Crippen LogP contribution in [0, 0.1) is 5.82 Å². The summed E-state index contributed by atoms with van der Waals surface area (Å²) in [7, 11) is -3.77. The van der Waals surface area contributed by atoms with Crippen LogP contribution in [-0.2, 0) is 21.4 Å². The molecular weight excluding hydrogens is 463 g/mol. The van der Waals surface area contributed by atoms with E-state index in [1.54, 1.807) is 17.5 Å². The summed E-state index contributed by atoms with van der Waals surface area (Å²) >= 11 is 7.47. The van der Waals surface area contributed by atoms with Crippen molar-refractivity contribution in [1.82, 2.24) is 9.29 Å². The minimum atomic E-state index is -3.77. The molecule has 0 radical (unpaired) electrons. The van der Waals surface area contributed by atoms with E-state index >= 15 is 0 Å². The zero-order chi connectivity index (χ0) is 22.0. The highest BCUT2D eigenvalue weighted by Crippen LogP contribution is 2.29. The van der Waals surface area contributed by atoms with Gasteiger partial charge in [0, 0.05) is 24.0 Å². The first kappa shape index (κ1) is 21.9. The van der Waals surface area contributed by atoms with E-state index in [-0.39, 0.29) is 27.9 Å². The molecule has 31 heavy (non-hydrogen) atoms. The van der Waals surface area contributed by atoms with Crippen LogP contribution in [0.25, 0.3) is 10.6 Å². The van der Waals surface area contributed by atoms with Crippen molar-refractivity contribution in [2.45, 2.75) is 24.3 Å². The van der Waals surface area contributed by atoms with Crippen LogP contribution < -0.4 is 0 Å². The van der Waals surface area contributed by atoms with E-state index < -0.39 is 16.0 Å². The highest BCUT2D eigenvalue weighted by atomic mass is 35.5. The summed E-state index contributed by atoms with van der Waals surface area (Å²) in [6.45, 7) is 0.800. The van der Waals surface area contributed by atoms with Gasteiger partial charge in [-0.3, -0.25) is 0 Å². The maximum Gasteiger partial charge on any atom is 0.338 e. The predicted octanol–water partition coefficient (Wildman–Crippen LogP) is 4.74. The quantitative estimate of drug-likeness (QED) is 0.476. The lowest BCUT2D eigenvalue weighted by atomic mass is 10.2. The van der Waals surface area contributed by atoms with Crippen LogP contribution in [0.2, 0.25) is 5.02 Å². The zero-order valence-electron chi connectivity index (χ0n) is 16.3. The fraction of sp³-hybridized carbons (Fsp3) is 0.238. The lowest BCUT2D eigenvalue weighted by Crippen LogP contribution is -2.28. The van der Waals surface area contributed by atoms with Gasteiger partial charge >= 0.3 is 5.97 Å². The average molecular weight is 481 g/mol. The number of ether oxygens (including phenoxy) is 1. The topological polar surface area (TPSA) is 76.6 Å². The zero-order valence-corrected chi connectivity index (χ0v) is 18.6. The molecule has 2 heterocycles. The summed E-state index contributed by atoms with van der Waals surface area (Å²) in [5, 5.41) is 2.49. The third kappa shape index (κ3) is 4.79. The van der Waals surface area contributed by atoms with Gasteiger partial charge in [-0.2, -0.15) is 4.31 Å². The smallest absolute Gasteiger partial charge is 0.338 e. The van der Waals surface area contributed by atoms with Gasteiger partial charge in [-0.1, -0.05) is 11.6 Å². The Labute approximate surface area is 188 Å². The van der Waals surface area contributed by atoms with Gasteiger partial charge in [0.1, 0.15) is 22.3 Å². The van der Waals surface area contributed by atoms with Crippen LogP contribution in [0.1, 0.15) is 28.9 Å². The van der Waals surface area contributed by atoms with Gasteiger partial charge in [0.15, 0.2) is 0 Å². The summed E-state index contributed by atoms with van der Waals surface area (Å²) in [4.78, 5) is 16.8. The van der Waals surface area contributed by atoms with E-state index in [1.807, 2.05) is 0 Å². The second-order valence-corrected chi connectivity index (χ2v) is 10.2. The summed E-state index contributed by atoms with van der Waals surface area (Å²) in [5.41, 5.74) is 1.39. The van der Waals surface area contributed by atoms with Crippen LogP contribution in [0.3, 0.4) is 0 Å². The Morgan fingerprint density at radius 1 is 1.16 bits per heavy atom. The minimum Gasteiger partial charge on any atom is -0.456 e. The number of esters is 1. The van der Waals surface area contributed by atoms with Crippen molar-refractivity contribution in [3.05, 3.63) is 69.9 Å². The Hall–Kier alpha value is -2.33. The van der Waals surface area contributed by atoms with Crippen molar-refractivity contribution >= 4 is 38.9 Å². The molecule has 1 aliphatic rings. The van der Waals surface area contributed by atoms with Gasteiger partial charge in [-0.25, -0.2) is 22.6 Å². The van der Waals surface area contributed by atoms with E-state index in [0.717, 1.165) is 18.4 Å². The van der Waals surface area contributed by atoms with Gasteiger partial charge in [-0.05, 0) is 55.3 Å². The summed E-state index contributed by atoms with van der Waals surface area (Å²) in [6.07, 6.45) is 1.60. The van der Waals surface area contributed by atoms with E-state index in [9.17, 15) is 17.6 Å². The fourth-order valence-electron chi connectivity index (χ4n) is 3.22. The fourth-order valence-corrected chi connectivity index (χ4v) is 6.04. The van der Waals surface area contributed by atoms with Gasteiger partial charge in [-0.15, -0.1) is 11.3 Å². The highest BCUT2D eigenvalue weighted by molar-refractivity contribution is 7.89. The maximum atomic E-state index is 13.1. The summed E-state index contributed by atoms with van der Waals surface area (Å²) < 4.78 is 45.4. The number of sulfonamides is 1. The number of nitrogens with zero attached hydrogens (tertiary/aromatic N) is 2. The first-order valence-corrected chi connectivity index (χ1v) is 12.2. The molecule has 0 unspecified atom stereocenters. The third-order valence-corrected chi connectivity index (χ3v) is 8.16. The van der Waals surface area contributed by atoms with Crippen molar-refractivity contribution < 1.29 is 22.3 Å². The molecule has 1 aromatic heterocycles. The molecule has 0 aliphatic carbocycles. The maximum absolute atomic E-state index is 13.1. The molecule has 3 aromatic rings. The molecule has 0 saturated carbocycles. The van der Waals surface area contributed by atoms with Gasteiger partial charge < -0.3 is 4.74 Å². The van der Waals surface area contributed by atoms with Gasteiger partial charge in [0.2, 0.25) is 10.0 Å². The Morgan fingerprint density at radius 3 is 2.58 bits per heavy atom. The van der Waals surface area contributed by atoms with Crippen molar-refractivity contribution in [2.75, 3.05) is 13.1 Å². The molecule has 1 aliphatic heterocycles. The molecule has 0 amide bonds. The lowest BCUT2D eigenvalue weighted by Gasteiger charge is -2.17. The first-order chi connectivity index (χ1) is 14.8. The minimum absolute atomic E-state index is 0.0619. The van der Waals surface area contributed by atoms with Crippen LogP contribution >= 0.6 is 22.9 Å². The van der Waals surface area contributed by atoms with Crippen molar-refractivity contribution in [1.29, 1.82) is 0 Å². The molecule has 1 fully saturated rings. The summed E-state index contributed by atoms with van der Waals surface area (Å²) in [6, 6.07) is 10.0. The van der Waals surface area contributed by atoms with Crippen LogP contribution in [0.4, 0.5) is 4.39 Å². The average Bonchev–Trinajstić information content (AvgIpc) is 3.45. The third-order valence-electron chi connectivity index (χ3n) is 4.84. The van der Waals surface area contributed by atoms with Crippen molar-refractivity contribution in [3.8, 4) is 10.6 Å². The monoisotopic (exact) mass is 480 g/mol. The van der Waals surface area contributed by atoms with E-state index in [4.69, 9.17) is 16.3 Å². The van der Waals surface area contributed by atoms with Crippen LogP contribution in [0.5, 0.6) is 0 Å².